The second kappa shape index (κ2) is 8.22. The maximum atomic E-state index is 13.9. The van der Waals surface area contributed by atoms with Crippen molar-refractivity contribution in [2.45, 2.75) is 18.4 Å². The minimum absolute atomic E-state index is 0.0761. The number of carbonyl (C=O) groups is 1. The van der Waals surface area contributed by atoms with Crippen LogP contribution in [0.25, 0.3) is 0 Å². The van der Waals surface area contributed by atoms with E-state index in [1.54, 1.807) is 12.1 Å². The highest BCUT2D eigenvalue weighted by atomic mass is 32.2. The van der Waals surface area contributed by atoms with Gasteiger partial charge in [0.1, 0.15) is 10.7 Å². The van der Waals surface area contributed by atoms with E-state index in [0.717, 1.165) is 23.3 Å². The van der Waals surface area contributed by atoms with Crippen LogP contribution in [0.2, 0.25) is 0 Å². The minimum Gasteiger partial charge on any atom is -0.348 e. The number of carbonyl (C=O) groups excluding carboxylic acids is 1. The van der Waals surface area contributed by atoms with Gasteiger partial charge < -0.3 is 5.32 Å². The van der Waals surface area contributed by atoms with Gasteiger partial charge in [-0.05, 0) is 36.8 Å². The zero-order valence-corrected chi connectivity index (χ0v) is 16.0. The normalized spacial score (nSPS) is 11.1. The van der Waals surface area contributed by atoms with Gasteiger partial charge in [0.25, 0.3) is 15.9 Å². The van der Waals surface area contributed by atoms with E-state index in [1.165, 1.54) is 24.3 Å². The van der Waals surface area contributed by atoms with Crippen molar-refractivity contribution < 1.29 is 17.6 Å². The third kappa shape index (κ3) is 4.55. The lowest BCUT2D eigenvalue weighted by atomic mass is 10.1. The van der Waals surface area contributed by atoms with E-state index in [-0.39, 0.29) is 11.3 Å². The minimum atomic E-state index is -4.18. The van der Waals surface area contributed by atoms with Crippen molar-refractivity contribution in [2.75, 3.05) is 4.72 Å². The van der Waals surface area contributed by atoms with Crippen LogP contribution >= 0.6 is 0 Å². The highest BCUT2D eigenvalue weighted by Crippen LogP contribution is 2.22. The standard InChI is InChI=1S/C21H19FN2O3S/c1-15-10-12-16(13-11-15)14-23-21(25)17-6-2-4-8-19(17)24-28(26,27)20-9-5-3-7-18(20)22/h2-13,24H,14H2,1H3,(H,23,25). The Morgan fingerprint density at radius 1 is 0.929 bits per heavy atom. The Hall–Kier alpha value is -3.19. The first-order valence-corrected chi connectivity index (χ1v) is 10.1. The number of para-hydroxylation sites is 1. The van der Waals surface area contributed by atoms with Crippen LogP contribution in [0.5, 0.6) is 0 Å². The highest BCUT2D eigenvalue weighted by molar-refractivity contribution is 7.92. The molecule has 1 amide bonds. The topological polar surface area (TPSA) is 75.3 Å². The number of nitrogens with one attached hydrogen (secondary N) is 2. The third-order valence-electron chi connectivity index (χ3n) is 4.12. The molecule has 3 aromatic rings. The Balaban J connectivity index is 1.80. The summed E-state index contributed by atoms with van der Waals surface area (Å²) in [5, 5.41) is 2.76. The lowest BCUT2D eigenvalue weighted by Gasteiger charge is -2.13. The second-order valence-corrected chi connectivity index (χ2v) is 7.90. The summed E-state index contributed by atoms with van der Waals surface area (Å²) in [5.41, 5.74) is 2.26. The van der Waals surface area contributed by atoms with E-state index in [0.29, 0.717) is 6.54 Å². The molecule has 0 fully saturated rings. The summed E-state index contributed by atoms with van der Waals surface area (Å²) in [7, 11) is -4.18. The molecule has 0 saturated carbocycles. The predicted octanol–water partition coefficient (Wildman–Crippen LogP) is 3.86. The van der Waals surface area contributed by atoms with Gasteiger partial charge in [-0.1, -0.05) is 54.1 Å². The monoisotopic (exact) mass is 398 g/mol. The Morgan fingerprint density at radius 3 is 2.29 bits per heavy atom. The molecule has 0 radical (unpaired) electrons. The Morgan fingerprint density at radius 2 is 1.57 bits per heavy atom. The third-order valence-corrected chi connectivity index (χ3v) is 5.51. The number of hydrogen-bond donors (Lipinski definition) is 2. The Kier molecular flexibility index (Phi) is 5.75. The molecular formula is C21H19FN2O3S. The first-order valence-electron chi connectivity index (χ1n) is 8.57. The van der Waals surface area contributed by atoms with Crippen LogP contribution in [0.4, 0.5) is 10.1 Å². The largest absolute Gasteiger partial charge is 0.348 e. The van der Waals surface area contributed by atoms with E-state index in [4.69, 9.17) is 0 Å². The zero-order chi connectivity index (χ0) is 20.1. The predicted molar refractivity (Wildman–Crippen MR) is 106 cm³/mol. The molecule has 0 unspecified atom stereocenters. The van der Waals surface area contributed by atoms with Crippen LogP contribution in [-0.4, -0.2) is 14.3 Å². The summed E-state index contributed by atoms with van der Waals surface area (Å²) in [5.74, 6) is -1.30. The summed E-state index contributed by atoms with van der Waals surface area (Å²) in [6.07, 6.45) is 0. The van der Waals surface area contributed by atoms with Gasteiger partial charge in [0, 0.05) is 6.54 Å². The average Bonchev–Trinajstić information content (AvgIpc) is 2.67. The van der Waals surface area contributed by atoms with Crippen LogP contribution in [0.1, 0.15) is 21.5 Å². The molecule has 0 aliphatic carbocycles. The maximum Gasteiger partial charge on any atom is 0.264 e. The molecule has 0 aliphatic rings. The average molecular weight is 398 g/mol. The van der Waals surface area contributed by atoms with Crippen LogP contribution in [-0.2, 0) is 16.6 Å². The lowest BCUT2D eigenvalue weighted by Crippen LogP contribution is -2.25. The molecule has 0 spiro atoms. The SMILES string of the molecule is Cc1ccc(CNC(=O)c2ccccc2NS(=O)(=O)c2ccccc2F)cc1. The number of benzene rings is 3. The molecule has 0 aromatic heterocycles. The highest BCUT2D eigenvalue weighted by Gasteiger charge is 2.21. The van der Waals surface area contributed by atoms with Crippen LogP contribution < -0.4 is 10.0 Å². The van der Waals surface area contributed by atoms with Gasteiger partial charge in [0.2, 0.25) is 0 Å². The van der Waals surface area contributed by atoms with Crippen molar-refractivity contribution >= 4 is 21.6 Å². The summed E-state index contributed by atoms with van der Waals surface area (Å²) in [4.78, 5) is 12.1. The molecule has 0 heterocycles. The number of anilines is 1. The van der Waals surface area contributed by atoms with Crippen LogP contribution in [0.3, 0.4) is 0 Å². The Bertz CT molecular complexity index is 1100. The molecule has 3 rings (SSSR count). The Labute approximate surface area is 163 Å². The first-order chi connectivity index (χ1) is 13.4. The molecule has 7 heteroatoms. The van der Waals surface area contributed by atoms with E-state index in [1.807, 2.05) is 31.2 Å². The number of hydrogen-bond acceptors (Lipinski definition) is 3. The van der Waals surface area contributed by atoms with Gasteiger partial charge in [-0.15, -0.1) is 0 Å². The van der Waals surface area contributed by atoms with Crippen molar-refractivity contribution in [3.8, 4) is 0 Å². The molecule has 28 heavy (non-hydrogen) atoms. The molecule has 2 N–H and O–H groups in total. The fourth-order valence-electron chi connectivity index (χ4n) is 2.62. The van der Waals surface area contributed by atoms with Crippen LogP contribution in [0.15, 0.2) is 77.7 Å². The maximum absolute atomic E-state index is 13.9. The lowest BCUT2D eigenvalue weighted by molar-refractivity contribution is 0.0952. The smallest absolute Gasteiger partial charge is 0.264 e. The molecule has 0 bridgehead atoms. The fraction of sp³-hybridized carbons (Fsp3) is 0.0952. The summed E-state index contributed by atoms with van der Waals surface area (Å²) < 4.78 is 41.2. The van der Waals surface area contributed by atoms with Gasteiger partial charge in [0.15, 0.2) is 0 Å². The summed E-state index contributed by atoms with van der Waals surface area (Å²) >= 11 is 0. The molecule has 144 valence electrons. The molecule has 0 aliphatic heterocycles. The molecular weight excluding hydrogens is 379 g/mol. The van der Waals surface area contributed by atoms with E-state index < -0.39 is 26.6 Å². The molecule has 3 aromatic carbocycles. The van der Waals surface area contributed by atoms with Gasteiger partial charge in [-0.3, -0.25) is 9.52 Å². The number of amides is 1. The fourth-order valence-corrected chi connectivity index (χ4v) is 3.78. The van der Waals surface area contributed by atoms with Gasteiger partial charge >= 0.3 is 0 Å². The second-order valence-electron chi connectivity index (χ2n) is 6.25. The van der Waals surface area contributed by atoms with Crippen molar-refractivity contribution in [3.05, 3.63) is 95.3 Å². The van der Waals surface area contributed by atoms with Gasteiger partial charge in [-0.25, -0.2) is 12.8 Å². The molecule has 0 saturated heterocycles. The van der Waals surface area contributed by atoms with E-state index >= 15 is 0 Å². The van der Waals surface area contributed by atoms with Crippen molar-refractivity contribution in [2.24, 2.45) is 0 Å². The number of halogens is 1. The van der Waals surface area contributed by atoms with Crippen LogP contribution in [0, 0.1) is 12.7 Å². The quantitative estimate of drug-likeness (QED) is 0.662. The van der Waals surface area contributed by atoms with E-state index in [9.17, 15) is 17.6 Å². The number of sulfonamides is 1. The van der Waals surface area contributed by atoms with Gasteiger partial charge in [0.05, 0.1) is 11.3 Å². The number of aryl methyl sites for hydroxylation is 1. The van der Waals surface area contributed by atoms with Gasteiger partial charge in [-0.2, -0.15) is 0 Å². The first kappa shape index (κ1) is 19.6. The van der Waals surface area contributed by atoms with E-state index in [2.05, 4.69) is 10.0 Å². The summed E-state index contributed by atoms with van der Waals surface area (Å²) in [6, 6.07) is 18.9. The van der Waals surface area contributed by atoms with Crippen molar-refractivity contribution in [1.29, 1.82) is 0 Å². The summed E-state index contributed by atoms with van der Waals surface area (Å²) in [6.45, 7) is 2.27. The van der Waals surface area contributed by atoms with Crippen molar-refractivity contribution in [3.63, 3.8) is 0 Å². The molecule has 5 nitrogen and oxygen atoms in total. The molecule has 0 atom stereocenters. The van der Waals surface area contributed by atoms with Crippen molar-refractivity contribution in [1.82, 2.24) is 5.32 Å². The zero-order valence-electron chi connectivity index (χ0n) is 15.1. The number of rotatable bonds is 6.